The maximum atomic E-state index is 8.97. The Bertz CT molecular complexity index is 349. The van der Waals surface area contributed by atoms with Crippen molar-refractivity contribution < 1.29 is 9.53 Å². The van der Waals surface area contributed by atoms with Gasteiger partial charge in [0.15, 0.2) is 8.32 Å². The van der Waals surface area contributed by atoms with E-state index in [1.54, 1.807) is 0 Å². The SMILES string of the molecule is CC(C)(C)[Si](C)(C)OCc1ccc(CO)cc1. The van der Waals surface area contributed by atoms with Gasteiger partial charge in [-0.3, -0.25) is 0 Å². The lowest BCUT2D eigenvalue weighted by atomic mass is 10.1. The van der Waals surface area contributed by atoms with Crippen molar-refractivity contribution in [2.75, 3.05) is 0 Å². The third kappa shape index (κ3) is 3.94. The lowest BCUT2D eigenvalue weighted by Crippen LogP contribution is -2.40. The van der Waals surface area contributed by atoms with Crippen molar-refractivity contribution in [3.63, 3.8) is 0 Å². The standard InChI is InChI=1S/C14H24O2Si/c1-14(2,3)17(4,5)16-11-13-8-6-12(10-15)7-9-13/h6-9,15H,10-11H2,1-5H3. The van der Waals surface area contributed by atoms with Gasteiger partial charge in [-0.25, -0.2) is 0 Å². The van der Waals surface area contributed by atoms with Crippen molar-refractivity contribution in [1.29, 1.82) is 0 Å². The van der Waals surface area contributed by atoms with Crippen LogP contribution in [-0.4, -0.2) is 13.4 Å². The fourth-order valence-corrected chi connectivity index (χ4v) is 2.18. The van der Waals surface area contributed by atoms with Crippen molar-refractivity contribution in [3.05, 3.63) is 35.4 Å². The van der Waals surface area contributed by atoms with E-state index in [4.69, 9.17) is 9.53 Å². The van der Waals surface area contributed by atoms with Crippen LogP contribution in [0.15, 0.2) is 24.3 Å². The Morgan fingerprint density at radius 1 is 1.06 bits per heavy atom. The van der Waals surface area contributed by atoms with Crippen molar-refractivity contribution in [1.82, 2.24) is 0 Å². The van der Waals surface area contributed by atoms with E-state index in [1.165, 1.54) is 5.56 Å². The zero-order chi connectivity index (χ0) is 13.1. The zero-order valence-electron chi connectivity index (χ0n) is 11.6. The third-order valence-electron chi connectivity index (χ3n) is 3.61. The van der Waals surface area contributed by atoms with Gasteiger partial charge >= 0.3 is 0 Å². The number of rotatable bonds is 4. The van der Waals surface area contributed by atoms with Crippen LogP contribution in [0.2, 0.25) is 18.1 Å². The fraction of sp³-hybridized carbons (Fsp3) is 0.571. The van der Waals surface area contributed by atoms with Crippen molar-refractivity contribution in [2.45, 2.75) is 52.1 Å². The Kier molecular flexibility index (Phi) is 4.53. The van der Waals surface area contributed by atoms with Gasteiger partial charge in [0.05, 0.1) is 13.2 Å². The molecule has 0 saturated carbocycles. The molecule has 0 aromatic heterocycles. The van der Waals surface area contributed by atoms with Crippen LogP contribution in [-0.2, 0) is 17.6 Å². The number of aliphatic hydroxyl groups excluding tert-OH is 1. The van der Waals surface area contributed by atoms with Crippen LogP contribution >= 0.6 is 0 Å². The maximum Gasteiger partial charge on any atom is 0.192 e. The van der Waals surface area contributed by atoms with E-state index in [0.29, 0.717) is 6.61 Å². The van der Waals surface area contributed by atoms with E-state index < -0.39 is 8.32 Å². The molecule has 3 heteroatoms. The number of hydrogen-bond donors (Lipinski definition) is 1. The second kappa shape index (κ2) is 5.34. The molecule has 0 fully saturated rings. The minimum Gasteiger partial charge on any atom is -0.413 e. The highest BCUT2D eigenvalue weighted by Crippen LogP contribution is 2.37. The highest BCUT2D eigenvalue weighted by Gasteiger charge is 2.36. The van der Waals surface area contributed by atoms with Gasteiger partial charge in [-0.15, -0.1) is 0 Å². The largest absolute Gasteiger partial charge is 0.413 e. The Morgan fingerprint density at radius 3 is 1.94 bits per heavy atom. The minimum absolute atomic E-state index is 0.101. The van der Waals surface area contributed by atoms with Crippen LogP contribution in [0.25, 0.3) is 0 Å². The second-order valence-electron chi connectivity index (χ2n) is 6.02. The summed E-state index contributed by atoms with van der Waals surface area (Å²) in [6.07, 6.45) is 0. The molecule has 96 valence electrons. The van der Waals surface area contributed by atoms with E-state index >= 15 is 0 Å². The fourth-order valence-electron chi connectivity index (χ4n) is 1.22. The monoisotopic (exact) mass is 252 g/mol. The van der Waals surface area contributed by atoms with Gasteiger partial charge in [0, 0.05) is 0 Å². The molecule has 0 spiro atoms. The van der Waals surface area contributed by atoms with Crippen LogP contribution in [0.3, 0.4) is 0 Å². The van der Waals surface area contributed by atoms with Gasteiger partial charge in [-0.2, -0.15) is 0 Å². The Balaban J connectivity index is 2.61. The van der Waals surface area contributed by atoms with E-state index in [-0.39, 0.29) is 11.6 Å². The topological polar surface area (TPSA) is 29.5 Å². The summed E-state index contributed by atoms with van der Waals surface area (Å²) in [6.45, 7) is 12.0. The molecule has 17 heavy (non-hydrogen) atoms. The molecule has 0 aliphatic heterocycles. The van der Waals surface area contributed by atoms with Gasteiger partial charge in [0.1, 0.15) is 0 Å². The van der Waals surface area contributed by atoms with E-state index in [0.717, 1.165) is 5.56 Å². The van der Waals surface area contributed by atoms with Crippen LogP contribution < -0.4 is 0 Å². The van der Waals surface area contributed by atoms with E-state index in [1.807, 2.05) is 24.3 Å². The molecule has 0 radical (unpaired) electrons. The molecule has 0 amide bonds. The first-order chi connectivity index (χ1) is 7.76. The molecular weight excluding hydrogens is 228 g/mol. The van der Waals surface area contributed by atoms with Crippen LogP contribution in [0.1, 0.15) is 31.9 Å². The number of hydrogen-bond acceptors (Lipinski definition) is 2. The summed E-state index contributed by atoms with van der Waals surface area (Å²) in [6, 6.07) is 7.95. The smallest absolute Gasteiger partial charge is 0.192 e. The summed E-state index contributed by atoms with van der Waals surface area (Å²) < 4.78 is 6.13. The average Bonchev–Trinajstić information content (AvgIpc) is 2.25. The molecule has 1 N–H and O–H groups in total. The quantitative estimate of drug-likeness (QED) is 0.828. The molecule has 0 saturated heterocycles. The summed E-state index contributed by atoms with van der Waals surface area (Å²) >= 11 is 0. The molecule has 1 aromatic carbocycles. The highest BCUT2D eigenvalue weighted by molar-refractivity contribution is 6.74. The molecule has 0 aliphatic rings. The first-order valence-corrected chi connectivity index (χ1v) is 9.00. The maximum absolute atomic E-state index is 8.97. The lowest BCUT2D eigenvalue weighted by Gasteiger charge is -2.36. The molecule has 0 unspecified atom stereocenters. The third-order valence-corrected chi connectivity index (χ3v) is 8.09. The Hall–Kier alpha value is -0.643. The van der Waals surface area contributed by atoms with Crippen LogP contribution in [0.4, 0.5) is 0 Å². The highest BCUT2D eigenvalue weighted by atomic mass is 28.4. The lowest BCUT2D eigenvalue weighted by molar-refractivity contribution is 0.274. The molecule has 1 rings (SSSR count). The van der Waals surface area contributed by atoms with Crippen molar-refractivity contribution in [2.24, 2.45) is 0 Å². The second-order valence-corrected chi connectivity index (χ2v) is 10.8. The van der Waals surface area contributed by atoms with Gasteiger partial charge in [0.25, 0.3) is 0 Å². The zero-order valence-corrected chi connectivity index (χ0v) is 12.6. The molecule has 0 aliphatic carbocycles. The van der Waals surface area contributed by atoms with Crippen LogP contribution in [0, 0.1) is 0 Å². The summed E-state index contributed by atoms with van der Waals surface area (Å²) in [7, 11) is -1.66. The normalized spacial score (nSPS) is 12.8. The summed E-state index contributed by atoms with van der Waals surface area (Å²) in [5.41, 5.74) is 2.12. The summed E-state index contributed by atoms with van der Waals surface area (Å²) in [5, 5.41) is 9.22. The van der Waals surface area contributed by atoms with Crippen molar-refractivity contribution >= 4 is 8.32 Å². The average molecular weight is 252 g/mol. The predicted octanol–water partition coefficient (Wildman–Crippen LogP) is 3.70. The predicted molar refractivity (Wildman–Crippen MR) is 74.4 cm³/mol. The number of benzene rings is 1. The van der Waals surface area contributed by atoms with Crippen LogP contribution in [0.5, 0.6) is 0 Å². The van der Waals surface area contributed by atoms with E-state index in [9.17, 15) is 0 Å². The molecule has 1 aromatic rings. The summed E-state index contributed by atoms with van der Waals surface area (Å²) in [4.78, 5) is 0. The first-order valence-electron chi connectivity index (χ1n) is 6.09. The number of aliphatic hydroxyl groups is 1. The molecule has 0 heterocycles. The van der Waals surface area contributed by atoms with Crippen molar-refractivity contribution in [3.8, 4) is 0 Å². The summed E-state index contributed by atoms with van der Waals surface area (Å²) in [5.74, 6) is 0. The molecular formula is C14H24O2Si. The Morgan fingerprint density at radius 2 is 1.53 bits per heavy atom. The molecule has 0 bridgehead atoms. The molecule has 2 nitrogen and oxygen atoms in total. The minimum atomic E-state index is -1.66. The van der Waals surface area contributed by atoms with Gasteiger partial charge in [-0.05, 0) is 29.3 Å². The van der Waals surface area contributed by atoms with Gasteiger partial charge in [-0.1, -0.05) is 45.0 Å². The first kappa shape index (κ1) is 14.4. The van der Waals surface area contributed by atoms with Gasteiger partial charge in [0.2, 0.25) is 0 Å². The molecule has 0 atom stereocenters. The Labute approximate surface area is 106 Å². The van der Waals surface area contributed by atoms with E-state index in [2.05, 4.69) is 33.9 Å². The van der Waals surface area contributed by atoms with Gasteiger partial charge < -0.3 is 9.53 Å².